The van der Waals surface area contributed by atoms with Gasteiger partial charge >= 0.3 is 0 Å². The molecule has 0 saturated carbocycles. The van der Waals surface area contributed by atoms with E-state index in [9.17, 15) is 4.79 Å². The number of methoxy groups -OCH3 is 1. The number of aromatic nitrogens is 1. The quantitative estimate of drug-likeness (QED) is 0.577. The van der Waals surface area contributed by atoms with Crippen LogP contribution in [0.3, 0.4) is 0 Å². The van der Waals surface area contributed by atoms with Gasteiger partial charge in [0.15, 0.2) is 0 Å². The maximum absolute atomic E-state index is 12.3. The van der Waals surface area contributed by atoms with Crippen molar-refractivity contribution in [3.63, 3.8) is 0 Å². The number of rotatable bonds is 5. The van der Waals surface area contributed by atoms with Crippen LogP contribution in [0.25, 0.3) is 10.9 Å². The number of nitrogens with one attached hydrogen (secondary N) is 1. The minimum Gasteiger partial charge on any atom is -0.383 e. The Hall–Kier alpha value is -1.15. The van der Waals surface area contributed by atoms with E-state index in [4.69, 9.17) is 4.74 Å². The number of hydrogen-bond acceptors (Lipinski definition) is 3. The normalized spacial score (nSPS) is 11.1. The number of amides is 1. The molecule has 2 aromatic heterocycles. The van der Waals surface area contributed by atoms with Crippen molar-refractivity contribution in [2.75, 3.05) is 19.0 Å². The Morgan fingerprint density at radius 1 is 1.30 bits per heavy atom. The Kier molecular flexibility index (Phi) is 5.21. The van der Waals surface area contributed by atoms with Gasteiger partial charge in [0.25, 0.3) is 5.91 Å². The molecule has 0 aliphatic heterocycles. The molecule has 0 bridgehead atoms. The topological polar surface area (TPSA) is 43.3 Å². The van der Waals surface area contributed by atoms with E-state index in [2.05, 4.69) is 41.7 Å². The third-order valence-corrected chi connectivity index (χ3v) is 6.69. The summed E-state index contributed by atoms with van der Waals surface area (Å²) in [5, 5.41) is 4.03. The van der Waals surface area contributed by atoms with Crippen molar-refractivity contribution in [2.45, 2.75) is 6.54 Å². The van der Waals surface area contributed by atoms with Gasteiger partial charge in [-0.2, -0.15) is 0 Å². The fraction of sp³-hybridized carbons (Fsp3) is 0.188. The predicted octanol–water partition coefficient (Wildman–Crippen LogP) is 5.13. The molecule has 23 heavy (non-hydrogen) atoms. The van der Waals surface area contributed by atoms with Gasteiger partial charge in [0.05, 0.1) is 15.3 Å². The van der Waals surface area contributed by atoms with Crippen molar-refractivity contribution < 1.29 is 9.53 Å². The van der Waals surface area contributed by atoms with Gasteiger partial charge in [0, 0.05) is 40.9 Å². The molecule has 0 fully saturated rings. The van der Waals surface area contributed by atoms with Crippen molar-refractivity contribution in [3.8, 4) is 0 Å². The van der Waals surface area contributed by atoms with Gasteiger partial charge in [-0.1, -0.05) is 0 Å². The molecule has 0 atom stereocenters. The first-order valence-electron chi connectivity index (χ1n) is 6.92. The van der Waals surface area contributed by atoms with Gasteiger partial charge in [-0.25, -0.2) is 0 Å². The summed E-state index contributed by atoms with van der Waals surface area (Å²) in [7, 11) is 1.70. The molecule has 3 rings (SSSR count). The lowest BCUT2D eigenvalue weighted by Crippen LogP contribution is -2.10. The Balaban J connectivity index is 1.79. The first-order chi connectivity index (χ1) is 11.1. The standard InChI is InChI=1S/C16H14Br2N2O2S/c1-22-7-6-20-5-4-10-8-11(2-3-13(10)20)19-16(21)14-9-12(17)15(18)23-14/h2-5,8-9H,6-7H2,1H3,(H,19,21). The van der Waals surface area contributed by atoms with Gasteiger partial charge in [0.1, 0.15) is 0 Å². The molecule has 7 heteroatoms. The van der Waals surface area contributed by atoms with Crippen LogP contribution in [0.4, 0.5) is 5.69 Å². The van der Waals surface area contributed by atoms with E-state index in [1.807, 2.05) is 36.5 Å². The van der Waals surface area contributed by atoms with Crippen LogP contribution in [0.5, 0.6) is 0 Å². The van der Waals surface area contributed by atoms with E-state index in [0.29, 0.717) is 11.5 Å². The third-order valence-electron chi connectivity index (χ3n) is 3.43. The molecule has 3 aromatic rings. The highest BCUT2D eigenvalue weighted by atomic mass is 79.9. The number of carbonyl (C=O) groups excluding carboxylic acids is 1. The fourth-order valence-electron chi connectivity index (χ4n) is 2.31. The van der Waals surface area contributed by atoms with Crippen molar-refractivity contribution in [1.29, 1.82) is 0 Å². The van der Waals surface area contributed by atoms with Crippen LogP contribution in [-0.4, -0.2) is 24.2 Å². The monoisotopic (exact) mass is 456 g/mol. The number of fused-ring (bicyclic) bond motifs is 1. The maximum Gasteiger partial charge on any atom is 0.265 e. The van der Waals surface area contributed by atoms with Gasteiger partial charge < -0.3 is 14.6 Å². The Morgan fingerprint density at radius 3 is 2.83 bits per heavy atom. The van der Waals surface area contributed by atoms with Crippen molar-refractivity contribution >= 4 is 65.7 Å². The summed E-state index contributed by atoms with van der Waals surface area (Å²) in [6, 6.07) is 9.76. The highest BCUT2D eigenvalue weighted by Gasteiger charge is 2.12. The Labute approximate surface area is 154 Å². The summed E-state index contributed by atoms with van der Waals surface area (Å²) in [6.07, 6.45) is 2.03. The third kappa shape index (κ3) is 3.68. The number of nitrogens with zero attached hydrogens (tertiary/aromatic N) is 1. The summed E-state index contributed by atoms with van der Waals surface area (Å²) in [5.41, 5.74) is 1.91. The first kappa shape index (κ1) is 16.7. The molecule has 0 spiro atoms. The highest BCUT2D eigenvalue weighted by molar-refractivity contribution is 9.13. The Bertz CT molecular complexity index is 838. The van der Waals surface area contributed by atoms with Crippen LogP contribution < -0.4 is 5.32 Å². The number of hydrogen-bond donors (Lipinski definition) is 1. The highest BCUT2D eigenvalue weighted by Crippen LogP contribution is 2.32. The van der Waals surface area contributed by atoms with E-state index in [1.54, 1.807) is 7.11 Å². The molecule has 0 radical (unpaired) electrons. The van der Waals surface area contributed by atoms with Gasteiger partial charge in [-0.3, -0.25) is 4.79 Å². The van der Waals surface area contributed by atoms with Crippen LogP contribution in [0, 0.1) is 0 Å². The minimum atomic E-state index is -0.112. The second kappa shape index (κ2) is 7.17. The Morgan fingerprint density at radius 2 is 2.13 bits per heavy atom. The van der Waals surface area contributed by atoms with Crippen LogP contribution in [-0.2, 0) is 11.3 Å². The summed E-state index contributed by atoms with van der Waals surface area (Å²) in [6.45, 7) is 1.48. The molecule has 120 valence electrons. The average molecular weight is 458 g/mol. The van der Waals surface area contributed by atoms with E-state index >= 15 is 0 Å². The molecule has 2 heterocycles. The number of benzene rings is 1. The van der Waals surface area contributed by atoms with Crippen LogP contribution in [0.2, 0.25) is 0 Å². The van der Waals surface area contributed by atoms with Crippen molar-refractivity contribution in [2.24, 2.45) is 0 Å². The molecule has 0 aliphatic rings. The zero-order chi connectivity index (χ0) is 16.4. The second-order valence-electron chi connectivity index (χ2n) is 4.96. The van der Waals surface area contributed by atoms with Gasteiger partial charge in [-0.15, -0.1) is 11.3 Å². The van der Waals surface area contributed by atoms with Crippen LogP contribution in [0.1, 0.15) is 9.67 Å². The molecule has 0 unspecified atom stereocenters. The fourth-order valence-corrected chi connectivity index (χ4v) is 4.24. The maximum atomic E-state index is 12.3. The number of ether oxygens (including phenoxy) is 1. The summed E-state index contributed by atoms with van der Waals surface area (Å²) < 4.78 is 9.05. The zero-order valence-electron chi connectivity index (χ0n) is 12.3. The van der Waals surface area contributed by atoms with E-state index in [1.165, 1.54) is 11.3 Å². The minimum absolute atomic E-state index is 0.112. The lowest BCUT2D eigenvalue weighted by atomic mass is 10.2. The van der Waals surface area contributed by atoms with Crippen LogP contribution in [0.15, 0.2) is 44.8 Å². The lowest BCUT2D eigenvalue weighted by Gasteiger charge is -2.06. The summed E-state index contributed by atoms with van der Waals surface area (Å²) in [5.74, 6) is -0.112. The molecule has 0 saturated heterocycles. The zero-order valence-corrected chi connectivity index (χ0v) is 16.3. The largest absolute Gasteiger partial charge is 0.383 e. The first-order valence-corrected chi connectivity index (χ1v) is 9.33. The second-order valence-corrected chi connectivity index (χ2v) is 8.19. The molecule has 1 N–H and O–H groups in total. The molecule has 1 aromatic carbocycles. The van der Waals surface area contributed by atoms with Crippen molar-refractivity contribution in [1.82, 2.24) is 4.57 Å². The number of halogens is 2. The van der Waals surface area contributed by atoms with Crippen molar-refractivity contribution in [3.05, 3.63) is 49.7 Å². The number of carbonyl (C=O) groups is 1. The molecule has 4 nitrogen and oxygen atoms in total. The number of thiophene rings is 1. The molecule has 1 amide bonds. The SMILES string of the molecule is COCCn1ccc2cc(NC(=O)c3cc(Br)c(Br)s3)ccc21. The van der Waals surface area contributed by atoms with Gasteiger partial charge in [-0.05, 0) is 62.2 Å². The van der Waals surface area contributed by atoms with E-state index in [-0.39, 0.29) is 5.91 Å². The molecule has 0 aliphatic carbocycles. The predicted molar refractivity (Wildman–Crippen MR) is 101 cm³/mol. The summed E-state index contributed by atoms with van der Waals surface area (Å²) in [4.78, 5) is 13.0. The smallest absolute Gasteiger partial charge is 0.265 e. The number of anilines is 1. The van der Waals surface area contributed by atoms with Crippen LogP contribution >= 0.6 is 43.2 Å². The molecular weight excluding hydrogens is 444 g/mol. The lowest BCUT2D eigenvalue weighted by molar-refractivity contribution is 0.103. The summed E-state index contributed by atoms with van der Waals surface area (Å²) >= 11 is 8.20. The van der Waals surface area contributed by atoms with E-state index < -0.39 is 0 Å². The average Bonchev–Trinajstić information content (AvgIpc) is 3.09. The van der Waals surface area contributed by atoms with E-state index in [0.717, 1.165) is 31.4 Å². The molecular formula is C16H14Br2N2O2S. The van der Waals surface area contributed by atoms with Gasteiger partial charge in [0.2, 0.25) is 0 Å².